The Labute approximate surface area is 213 Å². The maximum atomic E-state index is 13.8. The van der Waals surface area contributed by atoms with E-state index < -0.39 is 5.67 Å². The fourth-order valence-electron chi connectivity index (χ4n) is 4.12. The number of rotatable bonds is 9. The highest BCUT2D eigenvalue weighted by molar-refractivity contribution is 14.1. The summed E-state index contributed by atoms with van der Waals surface area (Å²) in [6.07, 6.45) is 8.00. The molecular formula is C26H41FIN3O2. The number of hydrogen-bond donors (Lipinski definition) is 0. The average Bonchev–Trinajstić information content (AvgIpc) is 3.29. The Balaban J connectivity index is 1.85. The maximum absolute atomic E-state index is 13.8. The lowest BCUT2D eigenvalue weighted by molar-refractivity contribution is -0.126. The molecule has 0 aliphatic carbocycles. The van der Waals surface area contributed by atoms with Gasteiger partial charge in [-0.1, -0.05) is 0 Å². The zero-order valence-electron chi connectivity index (χ0n) is 21.2. The molecule has 2 saturated heterocycles. The summed E-state index contributed by atoms with van der Waals surface area (Å²) in [6, 6.07) is 0. The zero-order chi connectivity index (χ0) is 24.6. The number of hydrogen-bond acceptors (Lipinski definition) is 4. The Kier molecular flexibility index (Phi) is 11.1. The number of amides is 1. The molecule has 7 heteroatoms. The summed E-state index contributed by atoms with van der Waals surface area (Å²) < 4.78 is 20.8. The number of aliphatic imine (C=N–C) groups is 1. The summed E-state index contributed by atoms with van der Waals surface area (Å²) in [5.74, 6) is 1.43. The van der Waals surface area contributed by atoms with Crippen LogP contribution in [0.2, 0.25) is 0 Å². The molecule has 1 amide bonds. The number of likely N-dealkylation sites (tertiary alicyclic amines) is 2. The standard InChI is InChI=1S/C26H41FIN3O2/c1-19(25(32)31-11-7-8-12-31)15-24(28)21(3)22(4)29-16-20(2)33-17-23-9-13-30(14-10-23)18-26(5,6)27/h15-16,23H,7-14,17-18H2,1-6H3/b19-15+,20-16+,24-21-,29-22-. The molecule has 0 unspecified atom stereocenters. The highest BCUT2D eigenvalue weighted by Crippen LogP contribution is 2.22. The van der Waals surface area contributed by atoms with Crippen LogP contribution in [0.1, 0.15) is 67.2 Å². The largest absolute Gasteiger partial charge is 0.496 e. The second kappa shape index (κ2) is 13.0. The van der Waals surface area contributed by atoms with E-state index in [9.17, 15) is 9.18 Å². The van der Waals surface area contributed by atoms with Gasteiger partial charge in [0.25, 0.3) is 0 Å². The topological polar surface area (TPSA) is 45.1 Å². The van der Waals surface area contributed by atoms with Crippen molar-refractivity contribution in [1.82, 2.24) is 9.80 Å². The van der Waals surface area contributed by atoms with Gasteiger partial charge < -0.3 is 14.5 Å². The van der Waals surface area contributed by atoms with E-state index in [-0.39, 0.29) is 5.91 Å². The molecule has 186 valence electrons. The van der Waals surface area contributed by atoms with E-state index in [1.54, 1.807) is 20.0 Å². The first kappa shape index (κ1) is 28.0. The molecule has 0 aromatic heterocycles. The maximum Gasteiger partial charge on any atom is 0.249 e. The van der Waals surface area contributed by atoms with Crippen molar-refractivity contribution in [3.63, 3.8) is 0 Å². The van der Waals surface area contributed by atoms with Gasteiger partial charge in [-0.2, -0.15) is 0 Å². The van der Waals surface area contributed by atoms with Crippen molar-refractivity contribution in [2.24, 2.45) is 10.9 Å². The fraction of sp³-hybridized carbons (Fsp3) is 0.692. The summed E-state index contributed by atoms with van der Waals surface area (Å²) in [5.41, 5.74) is 1.59. The molecule has 2 aliphatic heterocycles. The zero-order valence-corrected chi connectivity index (χ0v) is 23.4. The van der Waals surface area contributed by atoms with Crippen molar-refractivity contribution in [2.45, 2.75) is 72.9 Å². The first-order chi connectivity index (χ1) is 15.5. The molecule has 5 nitrogen and oxygen atoms in total. The smallest absolute Gasteiger partial charge is 0.249 e. The molecule has 0 spiro atoms. The van der Waals surface area contributed by atoms with Crippen LogP contribution < -0.4 is 0 Å². The summed E-state index contributed by atoms with van der Waals surface area (Å²) in [5, 5.41) is 0. The van der Waals surface area contributed by atoms with Crippen LogP contribution in [0.25, 0.3) is 0 Å². The quantitative estimate of drug-likeness (QED) is 0.111. The first-order valence-electron chi connectivity index (χ1n) is 12.1. The van der Waals surface area contributed by atoms with Crippen LogP contribution in [-0.4, -0.2) is 66.4 Å². The van der Waals surface area contributed by atoms with E-state index in [0.29, 0.717) is 19.1 Å². The minimum atomic E-state index is -1.14. The van der Waals surface area contributed by atoms with E-state index in [1.807, 2.05) is 38.7 Å². The van der Waals surface area contributed by atoms with Gasteiger partial charge in [0.05, 0.1) is 12.8 Å². The third-order valence-corrected chi connectivity index (χ3v) is 7.39. The Hall–Kier alpha value is -1.22. The number of piperidine rings is 1. The minimum Gasteiger partial charge on any atom is -0.496 e. The molecular weight excluding hydrogens is 532 g/mol. The van der Waals surface area contributed by atoms with Crippen LogP contribution in [0.4, 0.5) is 4.39 Å². The predicted octanol–water partition coefficient (Wildman–Crippen LogP) is 6.06. The van der Waals surface area contributed by atoms with Crippen molar-refractivity contribution < 1.29 is 13.9 Å². The second-order valence-corrected chi connectivity index (χ2v) is 11.2. The summed E-state index contributed by atoms with van der Waals surface area (Å²) in [7, 11) is 0. The normalized spacial score (nSPS) is 20.8. The Morgan fingerprint density at radius 2 is 1.73 bits per heavy atom. The van der Waals surface area contributed by atoms with Gasteiger partial charge in [0.1, 0.15) is 11.4 Å². The first-order valence-corrected chi connectivity index (χ1v) is 13.1. The highest BCUT2D eigenvalue weighted by Gasteiger charge is 2.25. The molecule has 0 aromatic rings. The fourth-order valence-corrected chi connectivity index (χ4v) is 4.97. The minimum absolute atomic E-state index is 0.132. The van der Waals surface area contributed by atoms with Crippen LogP contribution in [0.3, 0.4) is 0 Å². The van der Waals surface area contributed by atoms with Gasteiger partial charge in [-0.25, -0.2) is 4.39 Å². The number of carbonyl (C=O) groups is 1. The highest BCUT2D eigenvalue weighted by atomic mass is 127. The third kappa shape index (κ3) is 9.89. The molecule has 0 aromatic carbocycles. The molecule has 33 heavy (non-hydrogen) atoms. The number of nitrogens with zero attached hydrogens (tertiary/aromatic N) is 3. The average molecular weight is 574 g/mol. The van der Waals surface area contributed by atoms with E-state index in [2.05, 4.69) is 32.5 Å². The van der Waals surface area contributed by atoms with Gasteiger partial charge >= 0.3 is 0 Å². The molecule has 2 aliphatic rings. The molecule has 0 radical (unpaired) electrons. The molecule has 0 bridgehead atoms. The molecule has 0 atom stereocenters. The number of halogens is 2. The monoisotopic (exact) mass is 573 g/mol. The van der Waals surface area contributed by atoms with Crippen LogP contribution in [-0.2, 0) is 9.53 Å². The second-order valence-electron chi connectivity index (χ2n) is 10.0. The van der Waals surface area contributed by atoms with Gasteiger partial charge in [-0.15, -0.1) is 0 Å². The van der Waals surface area contributed by atoms with Gasteiger partial charge in [-0.3, -0.25) is 9.79 Å². The number of alkyl halides is 1. The van der Waals surface area contributed by atoms with Crippen LogP contribution in [0.5, 0.6) is 0 Å². The molecule has 2 rings (SSSR count). The Morgan fingerprint density at radius 1 is 1.12 bits per heavy atom. The summed E-state index contributed by atoms with van der Waals surface area (Å²) in [4.78, 5) is 21.2. The molecule has 0 N–H and O–H groups in total. The number of ether oxygens (including phenoxy) is 1. The van der Waals surface area contributed by atoms with Crippen molar-refractivity contribution in [2.75, 3.05) is 39.3 Å². The lowest BCUT2D eigenvalue weighted by Gasteiger charge is -2.34. The lowest BCUT2D eigenvalue weighted by atomic mass is 9.97. The number of allylic oxidation sites excluding steroid dienone is 4. The Morgan fingerprint density at radius 3 is 2.30 bits per heavy atom. The summed E-state index contributed by atoms with van der Waals surface area (Å²) >= 11 is 2.28. The lowest BCUT2D eigenvalue weighted by Crippen LogP contribution is -2.41. The van der Waals surface area contributed by atoms with Crippen LogP contribution >= 0.6 is 22.6 Å². The number of carbonyl (C=O) groups excluding carboxylic acids is 1. The third-order valence-electron chi connectivity index (χ3n) is 6.27. The van der Waals surface area contributed by atoms with Crippen LogP contribution in [0.15, 0.2) is 37.8 Å². The van der Waals surface area contributed by atoms with E-state index in [0.717, 1.165) is 78.1 Å². The van der Waals surface area contributed by atoms with Crippen LogP contribution in [0, 0.1) is 5.92 Å². The van der Waals surface area contributed by atoms with Gasteiger partial charge in [0, 0.05) is 34.5 Å². The van der Waals surface area contributed by atoms with Crippen molar-refractivity contribution in [3.8, 4) is 0 Å². The molecule has 2 fully saturated rings. The van der Waals surface area contributed by atoms with Gasteiger partial charge in [0.2, 0.25) is 5.91 Å². The SMILES string of the molecule is CC(=N/C=C(\C)OCC1CCN(CC(C)(C)F)CC1)/C(C)=C(I)/C=C(\C)C(=O)N1CCCC1. The van der Waals surface area contributed by atoms with Crippen molar-refractivity contribution in [3.05, 3.63) is 32.8 Å². The van der Waals surface area contributed by atoms with Gasteiger partial charge in [0.15, 0.2) is 0 Å². The van der Waals surface area contributed by atoms with Gasteiger partial charge in [-0.05, 0) is 120 Å². The van der Waals surface area contributed by atoms with E-state index >= 15 is 0 Å². The van der Waals surface area contributed by atoms with E-state index in [4.69, 9.17) is 4.74 Å². The predicted molar refractivity (Wildman–Crippen MR) is 143 cm³/mol. The Bertz CT molecular complexity index is 797. The molecule has 2 heterocycles. The van der Waals surface area contributed by atoms with E-state index in [1.165, 1.54) is 0 Å². The summed E-state index contributed by atoms with van der Waals surface area (Å²) in [6.45, 7) is 15.9. The molecule has 0 saturated carbocycles. The van der Waals surface area contributed by atoms with Crippen molar-refractivity contribution >= 4 is 34.2 Å². The van der Waals surface area contributed by atoms with Crippen molar-refractivity contribution in [1.29, 1.82) is 0 Å².